The fourth-order valence-electron chi connectivity index (χ4n) is 4.11. The first-order valence-corrected chi connectivity index (χ1v) is 13.3. The van der Waals surface area contributed by atoms with Gasteiger partial charge in [0.15, 0.2) is 0 Å². The van der Waals surface area contributed by atoms with E-state index in [1.54, 1.807) is 19.1 Å². The van der Waals surface area contributed by atoms with Crippen LogP contribution in [0, 0.1) is 12.8 Å². The molecular weight excluding hydrogens is 484 g/mol. The van der Waals surface area contributed by atoms with Crippen molar-refractivity contribution in [3.05, 3.63) is 53.2 Å². The maximum atomic E-state index is 13.7. The third-order valence-corrected chi connectivity index (χ3v) is 7.76. The van der Waals surface area contributed by atoms with Crippen LogP contribution < -0.4 is 5.32 Å². The number of nitrogens with zero attached hydrogens (tertiary/aromatic N) is 3. The van der Waals surface area contributed by atoms with Crippen molar-refractivity contribution in [2.24, 2.45) is 5.92 Å². The number of aromatic nitrogens is 2. The number of benzene rings is 1. The minimum absolute atomic E-state index is 0.0225. The zero-order valence-corrected chi connectivity index (χ0v) is 22.2. The molecule has 0 saturated heterocycles. The fraction of sp³-hybridized carbons (Fsp3) is 0.480. The number of methoxy groups -OCH3 is 1. The SMILES string of the molecule is CCOC(=O)[C@H](CC(C)C)N(CC(=O)OC)S(=O)(=O)c1ccc(Cn2c(C)nc3c2C=CNC3)cc1. The lowest BCUT2D eigenvalue weighted by molar-refractivity contribution is -0.150. The highest BCUT2D eigenvalue weighted by molar-refractivity contribution is 7.89. The minimum atomic E-state index is -4.22. The van der Waals surface area contributed by atoms with Crippen LogP contribution in [-0.4, -0.2) is 60.5 Å². The van der Waals surface area contributed by atoms with Crippen LogP contribution in [0.1, 0.15) is 50.0 Å². The molecule has 0 saturated carbocycles. The molecular formula is C25H34N4O6S. The quantitative estimate of drug-likeness (QED) is 0.451. The molecule has 2 aromatic rings. The van der Waals surface area contributed by atoms with Gasteiger partial charge in [-0.1, -0.05) is 26.0 Å². The Bertz CT molecular complexity index is 1220. The van der Waals surface area contributed by atoms with Crippen molar-refractivity contribution in [3.63, 3.8) is 0 Å². The van der Waals surface area contributed by atoms with E-state index in [4.69, 9.17) is 9.47 Å². The Morgan fingerprint density at radius 1 is 1.22 bits per heavy atom. The van der Waals surface area contributed by atoms with E-state index in [2.05, 4.69) is 14.9 Å². The van der Waals surface area contributed by atoms with E-state index in [0.717, 1.165) is 27.1 Å². The Balaban J connectivity index is 1.93. The summed E-state index contributed by atoms with van der Waals surface area (Å²) in [4.78, 5) is 29.5. The summed E-state index contributed by atoms with van der Waals surface area (Å²) < 4.78 is 40.2. The van der Waals surface area contributed by atoms with Crippen LogP contribution in [0.5, 0.6) is 0 Å². The number of fused-ring (bicyclic) bond motifs is 1. The molecule has 2 heterocycles. The number of hydrogen-bond acceptors (Lipinski definition) is 8. The summed E-state index contributed by atoms with van der Waals surface area (Å²) in [6.07, 6.45) is 4.04. The normalized spacial score (nSPS) is 13.9. The Morgan fingerprint density at radius 2 is 1.92 bits per heavy atom. The van der Waals surface area contributed by atoms with Gasteiger partial charge in [0.2, 0.25) is 10.0 Å². The Labute approximate surface area is 212 Å². The van der Waals surface area contributed by atoms with Crippen LogP contribution in [0.3, 0.4) is 0 Å². The molecule has 0 radical (unpaired) electrons. The van der Waals surface area contributed by atoms with E-state index in [1.165, 1.54) is 19.2 Å². The van der Waals surface area contributed by atoms with E-state index in [1.807, 2.05) is 33.0 Å². The average Bonchev–Trinajstić information content (AvgIpc) is 3.16. The fourth-order valence-corrected chi connectivity index (χ4v) is 5.64. The van der Waals surface area contributed by atoms with Gasteiger partial charge in [0, 0.05) is 6.54 Å². The molecule has 0 unspecified atom stereocenters. The highest BCUT2D eigenvalue weighted by Gasteiger charge is 2.39. The first-order valence-electron chi connectivity index (χ1n) is 11.9. The van der Waals surface area contributed by atoms with Crippen LogP contribution in [-0.2, 0) is 42.2 Å². The number of ether oxygens (including phenoxy) is 2. The lowest BCUT2D eigenvalue weighted by Crippen LogP contribution is -2.49. The molecule has 1 aliphatic heterocycles. The van der Waals surface area contributed by atoms with Crippen molar-refractivity contribution in [2.75, 3.05) is 20.3 Å². The number of carbonyl (C=O) groups is 2. The summed E-state index contributed by atoms with van der Waals surface area (Å²) in [6, 6.07) is 5.27. The first-order chi connectivity index (χ1) is 17.1. The summed E-state index contributed by atoms with van der Waals surface area (Å²) >= 11 is 0. The molecule has 1 aromatic carbocycles. The Morgan fingerprint density at radius 3 is 2.53 bits per heavy atom. The molecule has 1 atom stereocenters. The van der Waals surface area contributed by atoms with Gasteiger partial charge < -0.3 is 19.4 Å². The van der Waals surface area contributed by atoms with Crippen molar-refractivity contribution >= 4 is 28.0 Å². The van der Waals surface area contributed by atoms with E-state index >= 15 is 0 Å². The molecule has 0 amide bonds. The van der Waals surface area contributed by atoms with Crippen LogP contribution in [0.25, 0.3) is 6.08 Å². The zero-order valence-electron chi connectivity index (χ0n) is 21.4. The van der Waals surface area contributed by atoms with Crippen molar-refractivity contribution in [1.82, 2.24) is 19.2 Å². The number of esters is 2. The minimum Gasteiger partial charge on any atom is -0.468 e. The Hall–Kier alpha value is -3.18. The molecule has 0 aliphatic carbocycles. The van der Waals surface area contributed by atoms with Gasteiger partial charge in [-0.15, -0.1) is 0 Å². The first kappa shape index (κ1) is 27.4. The van der Waals surface area contributed by atoms with Crippen molar-refractivity contribution in [2.45, 2.75) is 58.1 Å². The molecule has 10 nitrogen and oxygen atoms in total. The van der Waals surface area contributed by atoms with Crippen molar-refractivity contribution in [3.8, 4) is 0 Å². The zero-order chi connectivity index (χ0) is 26.5. The van der Waals surface area contributed by atoms with Gasteiger partial charge in [-0.2, -0.15) is 4.31 Å². The lowest BCUT2D eigenvalue weighted by atomic mass is 10.0. The third kappa shape index (κ3) is 6.14. The molecule has 0 spiro atoms. The average molecular weight is 519 g/mol. The van der Waals surface area contributed by atoms with Crippen LogP contribution >= 0.6 is 0 Å². The van der Waals surface area contributed by atoms with Gasteiger partial charge >= 0.3 is 11.9 Å². The number of carbonyl (C=O) groups excluding carboxylic acids is 2. The van der Waals surface area contributed by atoms with E-state index in [0.29, 0.717) is 13.1 Å². The second-order valence-electron chi connectivity index (χ2n) is 8.96. The predicted molar refractivity (Wildman–Crippen MR) is 134 cm³/mol. The summed E-state index contributed by atoms with van der Waals surface area (Å²) in [6.45, 7) is 7.98. The summed E-state index contributed by atoms with van der Waals surface area (Å²) in [5.41, 5.74) is 2.86. The van der Waals surface area contributed by atoms with E-state index in [-0.39, 0.29) is 23.8 Å². The van der Waals surface area contributed by atoms with Gasteiger partial charge in [0.1, 0.15) is 18.4 Å². The molecule has 3 rings (SSSR count). The molecule has 36 heavy (non-hydrogen) atoms. The summed E-state index contributed by atoms with van der Waals surface area (Å²) in [5, 5.41) is 3.14. The molecule has 0 fully saturated rings. The number of rotatable bonds is 11. The third-order valence-electron chi connectivity index (χ3n) is 5.89. The Kier molecular flexibility index (Phi) is 8.91. The number of imidazole rings is 1. The van der Waals surface area contributed by atoms with Gasteiger partial charge in [-0.05, 0) is 56.2 Å². The maximum Gasteiger partial charge on any atom is 0.324 e. The number of sulfonamides is 1. The predicted octanol–water partition coefficient (Wildman–Crippen LogP) is 2.46. The topological polar surface area (TPSA) is 120 Å². The molecule has 1 N–H and O–H groups in total. The largest absolute Gasteiger partial charge is 0.468 e. The summed E-state index contributed by atoms with van der Waals surface area (Å²) in [7, 11) is -3.05. The van der Waals surface area contributed by atoms with Gasteiger partial charge in [-0.3, -0.25) is 9.59 Å². The van der Waals surface area contributed by atoms with Gasteiger partial charge in [0.25, 0.3) is 0 Å². The van der Waals surface area contributed by atoms with E-state index < -0.39 is 34.5 Å². The van der Waals surface area contributed by atoms with Crippen molar-refractivity contribution in [1.29, 1.82) is 0 Å². The van der Waals surface area contributed by atoms with Crippen LogP contribution in [0.15, 0.2) is 35.4 Å². The monoisotopic (exact) mass is 518 g/mol. The highest BCUT2D eigenvalue weighted by Crippen LogP contribution is 2.25. The standard InChI is InChI=1S/C25H34N4O6S/c1-6-35-25(31)23(13-17(2)3)29(16-24(30)34-5)36(32,33)20-9-7-19(8-10-20)15-28-18(4)27-21-14-26-12-11-22(21)28/h7-12,17,23,26H,6,13-16H2,1-5H3/t23-/m0/s1. The second-order valence-corrected chi connectivity index (χ2v) is 10.8. The molecule has 0 bridgehead atoms. The number of aryl methyl sites for hydroxylation is 1. The molecule has 11 heteroatoms. The van der Waals surface area contributed by atoms with Crippen molar-refractivity contribution < 1.29 is 27.5 Å². The molecule has 1 aromatic heterocycles. The van der Waals surface area contributed by atoms with Gasteiger partial charge in [-0.25, -0.2) is 13.4 Å². The number of nitrogens with one attached hydrogen (secondary N) is 1. The molecule has 1 aliphatic rings. The lowest BCUT2D eigenvalue weighted by Gasteiger charge is -2.29. The van der Waals surface area contributed by atoms with E-state index in [9.17, 15) is 18.0 Å². The smallest absolute Gasteiger partial charge is 0.324 e. The second kappa shape index (κ2) is 11.7. The summed E-state index contributed by atoms with van der Waals surface area (Å²) in [5.74, 6) is -0.625. The maximum absolute atomic E-state index is 13.7. The van der Waals surface area contributed by atoms with Gasteiger partial charge in [0.05, 0.1) is 36.5 Å². The van der Waals surface area contributed by atoms with Crippen LogP contribution in [0.4, 0.5) is 0 Å². The van der Waals surface area contributed by atoms with Crippen LogP contribution in [0.2, 0.25) is 0 Å². The molecule has 196 valence electrons. The highest BCUT2D eigenvalue weighted by atomic mass is 32.2. The number of hydrogen-bond donors (Lipinski definition) is 1.